The minimum Gasteiger partial charge on any atom is -0.495 e. The Hall–Kier alpha value is -4.34. The van der Waals surface area contributed by atoms with Gasteiger partial charge in [0.15, 0.2) is 6.61 Å². The average molecular weight is 540 g/mol. The van der Waals surface area contributed by atoms with E-state index in [1.807, 2.05) is 0 Å². The monoisotopic (exact) mass is 539 g/mol. The van der Waals surface area contributed by atoms with Crippen molar-refractivity contribution >= 4 is 64.4 Å². The number of barbiturate groups is 1. The van der Waals surface area contributed by atoms with Crippen LogP contribution in [-0.4, -0.2) is 37.5 Å². The summed E-state index contributed by atoms with van der Waals surface area (Å²) in [5.41, 5.74) is 0.915. The van der Waals surface area contributed by atoms with E-state index in [2.05, 4.69) is 10.6 Å². The summed E-state index contributed by atoms with van der Waals surface area (Å²) in [6.45, 7) is -0.250. The number of hydrogen-bond donors (Lipinski definition) is 2. The molecule has 188 valence electrons. The number of carbonyl (C=O) groups excluding carboxylic acids is 4. The summed E-state index contributed by atoms with van der Waals surface area (Å²) in [5.74, 6) is -1.12. The van der Waals surface area contributed by atoms with Crippen LogP contribution in [0.2, 0.25) is 10.0 Å². The molecule has 0 spiro atoms. The summed E-state index contributed by atoms with van der Waals surface area (Å²) in [6, 6.07) is 16.7. The normalized spacial score (nSPS) is 14.4. The molecule has 0 unspecified atom stereocenters. The fourth-order valence-corrected chi connectivity index (χ4v) is 3.72. The molecule has 0 bridgehead atoms. The first-order chi connectivity index (χ1) is 17.8. The number of benzene rings is 3. The molecule has 1 aliphatic heterocycles. The lowest BCUT2D eigenvalue weighted by Gasteiger charge is -2.26. The van der Waals surface area contributed by atoms with Crippen molar-refractivity contribution in [3.63, 3.8) is 0 Å². The molecule has 0 radical (unpaired) electrons. The van der Waals surface area contributed by atoms with Gasteiger partial charge in [-0.05, 0) is 54.1 Å². The Morgan fingerprint density at radius 1 is 1.00 bits per heavy atom. The number of anilines is 2. The molecule has 37 heavy (non-hydrogen) atoms. The van der Waals surface area contributed by atoms with Crippen molar-refractivity contribution in [2.45, 2.75) is 0 Å². The Kier molecular flexibility index (Phi) is 7.76. The minimum atomic E-state index is -0.902. The van der Waals surface area contributed by atoms with Crippen LogP contribution in [0.25, 0.3) is 6.08 Å². The SMILES string of the molecule is COc1ccccc1NC(=O)COc1ccc(/C=C2/C(=O)NC(=O)N(c3ccc(Cl)c(Cl)c3)C2=O)cc1. The fraction of sp³-hybridized carbons (Fsp3) is 0.0769. The molecule has 9 nitrogen and oxygen atoms in total. The van der Waals surface area contributed by atoms with Crippen LogP contribution in [0.5, 0.6) is 11.5 Å². The second-order valence-corrected chi connectivity index (χ2v) is 8.48. The van der Waals surface area contributed by atoms with Gasteiger partial charge in [0.2, 0.25) is 0 Å². The van der Waals surface area contributed by atoms with Crippen LogP contribution < -0.4 is 25.0 Å². The number of ether oxygens (including phenoxy) is 2. The van der Waals surface area contributed by atoms with Crippen LogP contribution in [0.15, 0.2) is 72.3 Å². The Balaban J connectivity index is 1.44. The van der Waals surface area contributed by atoms with Gasteiger partial charge in [0.25, 0.3) is 17.7 Å². The highest BCUT2D eigenvalue weighted by molar-refractivity contribution is 6.43. The molecule has 0 saturated carbocycles. The number of urea groups is 1. The third kappa shape index (κ3) is 5.91. The number of rotatable bonds is 7. The summed E-state index contributed by atoms with van der Waals surface area (Å²) in [5, 5.41) is 5.25. The van der Waals surface area contributed by atoms with Crippen LogP contribution >= 0.6 is 23.2 Å². The number of para-hydroxylation sites is 2. The zero-order valence-electron chi connectivity index (χ0n) is 19.3. The van der Waals surface area contributed by atoms with Crippen LogP contribution in [0.3, 0.4) is 0 Å². The second-order valence-electron chi connectivity index (χ2n) is 7.66. The number of nitrogens with one attached hydrogen (secondary N) is 2. The van der Waals surface area contributed by atoms with E-state index in [-0.39, 0.29) is 33.8 Å². The zero-order chi connectivity index (χ0) is 26.5. The molecule has 1 fully saturated rings. The molecule has 1 aliphatic rings. The zero-order valence-corrected chi connectivity index (χ0v) is 20.8. The molecule has 0 atom stereocenters. The maximum Gasteiger partial charge on any atom is 0.335 e. The lowest BCUT2D eigenvalue weighted by Crippen LogP contribution is -2.54. The third-order valence-corrected chi connectivity index (χ3v) is 5.94. The molecule has 3 aromatic rings. The first kappa shape index (κ1) is 25.7. The number of hydrogen-bond acceptors (Lipinski definition) is 6. The van der Waals surface area contributed by atoms with Gasteiger partial charge < -0.3 is 14.8 Å². The van der Waals surface area contributed by atoms with E-state index >= 15 is 0 Å². The van der Waals surface area contributed by atoms with Crippen molar-refractivity contribution in [1.29, 1.82) is 0 Å². The molecule has 3 aromatic carbocycles. The largest absolute Gasteiger partial charge is 0.495 e. The summed E-state index contributed by atoms with van der Waals surface area (Å²) in [4.78, 5) is 50.8. The van der Waals surface area contributed by atoms with Gasteiger partial charge in [-0.1, -0.05) is 47.5 Å². The number of methoxy groups -OCH3 is 1. The maximum absolute atomic E-state index is 13.0. The molecular formula is C26H19Cl2N3O6. The Labute approximate surface area is 221 Å². The van der Waals surface area contributed by atoms with Crippen molar-refractivity contribution in [2.75, 3.05) is 23.9 Å². The van der Waals surface area contributed by atoms with Crippen LogP contribution in [0.1, 0.15) is 5.56 Å². The summed E-state index contributed by atoms with van der Waals surface area (Å²) in [6.07, 6.45) is 1.34. The maximum atomic E-state index is 13.0. The third-order valence-electron chi connectivity index (χ3n) is 5.21. The first-order valence-corrected chi connectivity index (χ1v) is 11.5. The molecule has 5 amide bonds. The lowest BCUT2D eigenvalue weighted by molar-refractivity contribution is -0.122. The van der Waals surface area contributed by atoms with Crippen molar-refractivity contribution in [1.82, 2.24) is 5.32 Å². The van der Waals surface area contributed by atoms with Gasteiger partial charge in [-0.3, -0.25) is 19.7 Å². The van der Waals surface area contributed by atoms with Crippen molar-refractivity contribution in [3.05, 3.63) is 87.9 Å². The van der Waals surface area contributed by atoms with E-state index in [0.717, 1.165) is 4.90 Å². The fourth-order valence-electron chi connectivity index (χ4n) is 3.43. The van der Waals surface area contributed by atoms with Crippen molar-refractivity contribution in [3.8, 4) is 11.5 Å². The van der Waals surface area contributed by atoms with Crippen LogP contribution in [0, 0.1) is 0 Å². The van der Waals surface area contributed by atoms with E-state index in [1.54, 1.807) is 48.5 Å². The second kappa shape index (κ2) is 11.2. The Morgan fingerprint density at radius 3 is 2.43 bits per heavy atom. The van der Waals surface area contributed by atoms with Crippen molar-refractivity contribution in [2.24, 2.45) is 0 Å². The number of halogens is 2. The van der Waals surface area contributed by atoms with E-state index in [9.17, 15) is 19.2 Å². The standard InChI is InChI=1S/C26H19Cl2N3O6/c1-36-22-5-3-2-4-21(22)29-23(32)14-37-17-9-6-15(7-10-17)12-18-24(33)30-26(35)31(25(18)34)16-8-11-19(27)20(28)13-16/h2-13H,14H2,1H3,(H,29,32)(H,30,33,35)/b18-12-. The van der Waals surface area contributed by atoms with E-state index in [4.69, 9.17) is 32.7 Å². The lowest BCUT2D eigenvalue weighted by atomic mass is 10.1. The molecule has 0 aliphatic carbocycles. The van der Waals surface area contributed by atoms with Gasteiger partial charge in [0.05, 0.1) is 28.5 Å². The summed E-state index contributed by atoms with van der Waals surface area (Å²) >= 11 is 11.9. The number of imide groups is 2. The van der Waals surface area contributed by atoms with Gasteiger partial charge in [-0.15, -0.1) is 0 Å². The van der Waals surface area contributed by atoms with Crippen LogP contribution in [0.4, 0.5) is 16.2 Å². The highest BCUT2D eigenvalue weighted by atomic mass is 35.5. The number of nitrogens with zero attached hydrogens (tertiary/aromatic N) is 1. The molecule has 11 heteroatoms. The highest BCUT2D eigenvalue weighted by Gasteiger charge is 2.37. The topological polar surface area (TPSA) is 114 Å². The van der Waals surface area contributed by atoms with Gasteiger partial charge in [-0.2, -0.15) is 0 Å². The molecule has 1 heterocycles. The van der Waals surface area contributed by atoms with Crippen molar-refractivity contribution < 1.29 is 28.7 Å². The summed E-state index contributed by atoms with van der Waals surface area (Å²) in [7, 11) is 1.51. The predicted molar refractivity (Wildman–Crippen MR) is 139 cm³/mol. The molecule has 4 rings (SSSR count). The number of amides is 5. The van der Waals surface area contributed by atoms with Gasteiger partial charge in [0.1, 0.15) is 17.1 Å². The smallest absolute Gasteiger partial charge is 0.335 e. The average Bonchev–Trinajstić information content (AvgIpc) is 2.88. The highest BCUT2D eigenvalue weighted by Crippen LogP contribution is 2.29. The molecular weight excluding hydrogens is 521 g/mol. The number of carbonyl (C=O) groups is 4. The molecule has 1 saturated heterocycles. The Bertz CT molecular complexity index is 1420. The first-order valence-electron chi connectivity index (χ1n) is 10.8. The Morgan fingerprint density at radius 2 is 1.73 bits per heavy atom. The van der Waals surface area contributed by atoms with Gasteiger partial charge in [0, 0.05) is 0 Å². The van der Waals surface area contributed by atoms with E-state index in [1.165, 1.54) is 31.4 Å². The van der Waals surface area contributed by atoms with E-state index in [0.29, 0.717) is 22.7 Å². The van der Waals surface area contributed by atoms with Gasteiger partial charge in [-0.25, -0.2) is 9.69 Å². The van der Waals surface area contributed by atoms with Gasteiger partial charge >= 0.3 is 6.03 Å². The molecule has 2 N–H and O–H groups in total. The van der Waals surface area contributed by atoms with E-state index < -0.39 is 17.8 Å². The molecule has 0 aromatic heterocycles. The quantitative estimate of drug-likeness (QED) is 0.332. The summed E-state index contributed by atoms with van der Waals surface area (Å²) < 4.78 is 10.7. The predicted octanol–water partition coefficient (Wildman–Crippen LogP) is 4.69. The minimum absolute atomic E-state index is 0.148. The van der Waals surface area contributed by atoms with Crippen LogP contribution in [-0.2, 0) is 14.4 Å².